The Morgan fingerprint density at radius 2 is 1.88 bits per heavy atom. The minimum absolute atomic E-state index is 0.223. The van der Waals surface area contributed by atoms with Crippen molar-refractivity contribution in [2.24, 2.45) is 0 Å². The number of ether oxygens (including phenoxy) is 3. The van der Waals surface area contributed by atoms with Gasteiger partial charge in [-0.15, -0.1) is 5.73 Å². The molecule has 6 nitrogen and oxygen atoms in total. The molecule has 0 amide bonds. The zero-order chi connectivity index (χ0) is 24.7. The number of ketones is 1. The van der Waals surface area contributed by atoms with Gasteiger partial charge in [0.25, 0.3) is 0 Å². The number of para-hydroxylation sites is 1. The van der Waals surface area contributed by atoms with Crippen LogP contribution in [0.15, 0.2) is 47.2 Å². The average Bonchev–Trinajstić information content (AvgIpc) is 3.20. The number of rotatable bonds is 8. The number of nitrogens with zero attached hydrogens (tertiary/aromatic N) is 1. The molecule has 2 heterocycles. The molecule has 1 fully saturated rings. The molecule has 0 radical (unpaired) electrons. The molecule has 1 atom stereocenters. The van der Waals surface area contributed by atoms with Crippen molar-refractivity contribution < 1.29 is 23.8 Å². The topological polar surface area (TPSA) is 66.8 Å². The van der Waals surface area contributed by atoms with E-state index in [9.17, 15) is 9.59 Å². The van der Waals surface area contributed by atoms with E-state index in [0.29, 0.717) is 30.7 Å². The van der Waals surface area contributed by atoms with Crippen molar-refractivity contribution in [1.82, 2.24) is 4.57 Å². The van der Waals surface area contributed by atoms with Gasteiger partial charge in [0.2, 0.25) is 5.78 Å². The third-order valence-corrected chi connectivity index (χ3v) is 5.77. The monoisotopic (exact) mass is 467 g/mol. The van der Waals surface area contributed by atoms with E-state index in [2.05, 4.69) is 19.6 Å². The van der Waals surface area contributed by atoms with Crippen molar-refractivity contribution >= 4 is 22.8 Å². The first-order valence-corrected chi connectivity index (χ1v) is 12.3. The van der Waals surface area contributed by atoms with Gasteiger partial charge in [-0.25, -0.2) is 9.36 Å². The molecular formula is C28H37NO5. The molecule has 3 rings (SSSR count). The van der Waals surface area contributed by atoms with Crippen molar-refractivity contribution in [2.45, 2.75) is 85.0 Å². The minimum Gasteiger partial charge on any atom is -0.443 e. The van der Waals surface area contributed by atoms with Crippen LogP contribution < -0.4 is 0 Å². The van der Waals surface area contributed by atoms with Gasteiger partial charge in [-0.05, 0) is 70.6 Å². The molecule has 0 N–H and O–H groups in total. The number of carbonyl (C=O) groups excluding carboxylic acids is 2. The number of hydrogen-bond acceptors (Lipinski definition) is 5. The SMILES string of the molecule is CCC(=C=C(CCOC1CCCCO1)C(=O)c1cc2ccccc2n1C(=O)OC(C)(C)C)CC. The second kappa shape index (κ2) is 11.7. The van der Waals surface area contributed by atoms with Crippen molar-refractivity contribution in [3.63, 3.8) is 0 Å². The van der Waals surface area contributed by atoms with Crippen LogP contribution in [0.1, 0.15) is 83.6 Å². The van der Waals surface area contributed by atoms with Gasteiger partial charge >= 0.3 is 6.09 Å². The van der Waals surface area contributed by atoms with E-state index >= 15 is 0 Å². The van der Waals surface area contributed by atoms with Gasteiger partial charge in [-0.2, -0.15) is 0 Å². The summed E-state index contributed by atoms with van der Waals surface area (Å²) in [6, 6.07) is 9.20. The summed E-state index contributed by atoms with van der Waals surface area (Å²) in [5.74, 6) is -0.241. The van der Waals surface area contributed by atoms with Crippen LogP contribution in [0.3, 0.4) is 0 Å². The summed E-state index contributed by atoms with van der Waals surface area (Å²) >= 11 is 0. The Labute approximate surface area is 202 Å². The number of Topliss-reactive ketones (excluding diaryl/α,β-unsaturated/α-hetero) is 1. The molecule has 1 aromatic carbocycles. The molecular weight excluding hydrogens is 430 g/mol. The first-order valence-electron chi connectivity index (χ1n) is 12.3. The fourth-order valence-electron chi connectivity index (χ4n) is 3.99. The second-order valence-corrected chi connectivity index (χ2v) is 9.56. The highest BCUT2D eigenvalue weighted by molar-refractivity contribution is 6.12. The molecule has 0 aliphatic carbocycles. The van der Waals surface area contributed by atoms with Gasteiger partial charge in [-0.3, -0.25) is 4.79 Å². The molecule has 0 bridgehead atoms. The summed E-state index contributed by atoms with van der Waals surface area (Å²) in [6.45, 7) is 10.6. The summed E-state index contributed by atoms with van der Waals surface area (Å²) in [4.78, 5) is 27.0. The number of fused-ring (bicyclic) bond motifs is 1. The van der Waals surface area contributed by atoms with E-state index in [1.165, 1.54) is 4.57 Å². The summed E-state index contributed by atoms with van der Waals surface area (Å²) in [7, 11) is 0. The Morgan fingerprint density at radius 3 is 2.53 bits per heavy atom. The first-order chi connectivity index (χ1) is 16.2. The lowest BCUT2D eigenvalue weighted by atomic mass is 10.0. The van der Waals surface area contributed by atoms with Gasteiger partial charge in [0.05, 0.1) is 12.1 Å². The van der Waals surface area contributed by atoms with Gasteiger partial charge in [0.1, 0.15) is 11.3 Å². The van der Waals surface area contributed by atoms with Crippen LogP contribution in [0.25, 0.3) is 10.9 Å². The van der Waals surface area contributed by atoms with Crippen molar-refractivity contribution in [3.8, 4) is 0 Å². The highest BCUT2D eigenvalue weighted by Crippen LogP contribution is 2.25. The second-order valence-electron chi connectivity index (χ2n) is 9.56. The Kier molecular flexibility index (Phi) is 8.90. The molecule has 1 aromatic heterocycles. The molecule has 0 saturated carbocycles. The lowest BCUT2D eigenvalue weighted by Crippen LogP contribution is -2.29. The van der Waals surface area contributed by atoms with Crippen LogP contribution in [0.2, 0.25) is 0 Å². The zero-order valence-electron chi connectivity index (χ0n) is 21.1. The van der Waals surface area contributed by atoms with Crippen LogP contribution in [-0.4, -0.2) is 41.5 Å². The highest BCUT2D eigenvalue weighted by atomic mass is 16.7. The summed E-state index contributed by atoms with van der Waals surface area (Å²) in [5.41, 5.74) is 5.13. The maximum atomic E-state index is 13.8. The third kappa shape index (κ3) is 6.69. The maximum Gasteiger partial charge on any atom is 0.419 e. The van der Waals surface area contributed by atoms with Gasteiger partial charge in [-0.1, -0.05) is 32.0 Å². The smallest absolute Gasteiger partial charge is 0.419 e. The van der Waals surface area contributed by atoms with E-state index in [4.69, 9.17) is 14.2 Å². The lowest BCUT2D eigenvalue weighted by molar-refractivity contribution is -0.161. The Bertz CT molecular complexity index is 1070. The molecule has 1 saturated heterocycles. The molecule has 6 heteroatoms. The van der Waals surface area contributed by atoms with Crippen LogP contribution in [0.5, 0.6) is 0 Å². The quantitative estimate of drug-likeness (QED) is 0.242. The Morgan fingerprint density at radius 1 is 1.15 bits per heavy atom. The van der Waals surface area contributed by atoms with Crippen LogP contribution in [-0.2, 0) is 14.2 Å². The van der Waals surface area contributed by atoms with Crippen LogP contribution >= 0.6 is 0 Å². The van der Waals surface area contributed by atoms with Crippen molar-refractivity contribution in [1.29, 1.82) is 0 Å². The van der Waals surface area contributed by atoms with Crippen LogP contribution in [0, 0.1) is 0 Å². The zero-order valence-corrected chi connectivity index (χ0v) is 21.1. The predicted octanol–water partition coefficient (Wildman–Crippen LogP) is 6.81. The fourth-order valence-corrected chi connectivity index (χ4v) is 3.99. The normalized spacial score (nSPS) is 16.2. The fraction of sp³-hybridized carbons (Fsp3) is 0.536. The van der Waals surface area contributed by atoms with Crippen LogP contribution in [0.4, 0.5) is 4.79 Å². The molecule has 0 spiro atoms. The molecule has 1 aliphatic heterocycles. The predicted molar refractivity (Wildman–Crippen MR) is 133 cm³/mol. The van der Waals surface area contributed by atoms with E-state index in [1.54, 1.807) is 6.07 Å². The van der Waals surface area contributed by atoms with Gasteiger partial charge in [0.15, 0.2) is 6.29 Å². The largest absolute Gasteiger partial charge is 0.443 e. The van der Waals surface area contributed by atoms with Gasteiger partial charge < -0.3 is 14.2 Å². The van der Waals surface area contributed by atoms with Crippen molar-refractivity contribution in [3.05, 3.63) is 52.9 Å². The Balaban J connectivity index is 1.98. The van der Waals surface area contributed by atoms with Crippen molar-refractivity contribution in [2.75, 3.05) is 13.2 Å². The first kappa shape index (κ1) is 26.0. The summed E-state index contributed by atoms with van der Waals surface area (Å²) in [5, 5.41) is 0.804. The van der Waals surface area contributed by atoms with E-state index < -0.39 is 11.7 Å². The number of hydrogen-bond donors (Lipinski definition) is 0. The lowest BCUT2D eigenvalue weighted by Gasteiger charge is -2.23. The average molecular weight is 468 g/mol. The number of benzene rings is 1. The Hall–Kier alpha value is -2.66. The minimum atomic E-state index is -0.688. The van der Waals surface area contributed by atoms with E-state index in [1.807, 2.05) is 45.0 Å². The molecule has 1 unspecified atom stereocenters. The van der Waals surface area contributed by atoms with E-state index in [0.717, 1.165) is 43.1 Å². The summed E-state index contributed by atoms with van der Waals surface area (Å²) in [6.07, 6.45) is 4.19. The maximum absolute atomic E-state index is 13.8. The molecule has 2 aromatic rings. The number of aromatic nitrogens is 1. The molecule has 1 aliphatic rings. The number of carbonyl (C=O) groups is 2. The third-order valence-electron chi connectivity index (χ3n) is 5.77. The standard InChI is InChI=1S/C28H37NO5/c1-6-20(7-2)18-22(15-17-33-25-14-10-11-16-32-25)26(30)24-19-21-12-8-9-13-23(21)29(24)27(31)34-28(3,4)5/h8-9,12-13,19,25H,6-7,10-11,14-17H2,1-5H3. The highest BCUT2D eigenvalue weighted by Gasteiger charge is 2.27. The molecule has 34 heavy (non-hydrogen) atoms. The van der Waals surface area contributed by atoms with E-state index in [-0.39, 0.29) is 17.8 Å². The summed E-state index contributed by atoms with van der Waals surface area (Å²) < 4.78 is 18.6. The van der Waals surface area contributed by atoms with Gasteiger partial charge in [0, 0.05) is 24.0 Å². The molecule has 184 valence electrons.